The molecule has 3 aromatic carbocycles. The third-order valence-electron chi connectivity index (χ3n) is 9.62. The highest BCUT2D eigenvalue weighted by Crippen LogP contribution is 2.59. The highest BCUT2D eigenvalue weighted by molar-refractivity contribution is 7.60. The van der Waals surface area contributed by atoms with Gasteiger partial charge in [-0.3, -0.25) is 9.13 Å². The van der Waals surface area contributed by atoms with Crippen molar-refractivity contribution in [3.05, 3.63) is 102 Å². The lowest BCUT2D eigenvalue weighted by atomic mass is 10.1. The minimum absolute atomic E-state index is 0.00309. The smallest absolute Gasteiger partial charge is 0.373 e. The van der Waals surface area contributed by atoms with E-state index in [4.69, 9.17) is 13.8 Å². The monoisotopic (exact) mass is 774 g/mol. The number of ether oxygens (including phenoxy) is 1. The fourth-order valence-corrected chi connectivity index (χ4v) is 12.5. The number of halogens is 1. The zero-order valence-corrected chi connectivity index (χ0v) is 32.2. The Morgan fingerprint density at radius 3 is 1.85 bits per heavy atom. The number of hydrogen-bond donors (Lipinski definition) is 2. The van der Waals surface area contributed by atoms with Crippen LogP contribution in [0.3, 0.4) is 0 Å². The fraction of sp³-hybridized carbons (Fsp3) is 0.462. The molecule has 4 rings (SSSR count). The molecule has 0 aromatic heterocycles. The first-order valence-corrected chi connectivity index (χ1v) is 22.1. The van der Waals surface area contributed by atoms with Crippen molar-refractivity contribution in [1.29, 1.82) is 0 Å². The van der Waals surface area contributed by atoms with E-state index in [0.29, 0.717) is 32.1 Å². The standard InChI is InChI=1S/C39H50FNO10P2/c1-3-49-52(47,25-13-11-19-30-15-7-5-8-16-30)29-36(42)41(28-34(27-35(41)38(43)44)51-33-23-21-32(40)22-24-33)37(39(45)46)53(48,50-4-2)26-14-12-20-31-17-9-6-10-18-31/h5-10,15-18,21-24,34-35,37H,3-4,11-14,19-20,25-29H2,1-2H3,(H-,43,44,45,46)/p+1/t34?,35-,37?,41-,52?,53?/m0/s1. The summed E-state index contributed by atoms with van der Waals surface area (Å²) < 4.78 is 59.4. The summed E-state index contributed by atoms with van der Waals surface area (Å²) in [5, 5.41) is 21.6. The van der Waals surface area contributed by atoms with Crippen LogP contribution in [0, 0.1) is 5.82 Å². The molecule has 6 atom stereocenters. The van der Waals surface area contributed by atoms with Crippen molar-refractivity contribution in [2.45, 2.75) is 76.7 Å². The number of benzene rings is 3. The number of aryl methyl sites for hydroxylation is 2. The fourth-order valence-electron chi connectivity index (χ4n) is 7.30. The molecule has 14 heteroatoms. The minimum Gasteiger partial charge on any atom is -0.484 e. The summed E-state index contributed by atoms with van der Waals surface area (Å²) in [7, 11) is -8.16. The summed E-state index contributed by atoms with van der Waals surface area (Å²) in [5.74, 6) is -6.63. The van der Waals surface area contributed by atoms with Crippen molar-refractivity contribution in [2.75, 3.05) is 38.2 Å². The molecule has 1 heterocycles. The van der Waals surface area contributed by atoms with Gasteiger partial charge < -0.3 is 24.0 Å². The van der Waals surface area contributed by atoms with Crippen molar-refractivity contribution < 1.29 is 56.4 Å². The Kier molecular flexibility index (Phi) is 15.6. The number of hydrogen-bond acceptors (Lipinski definition) is 8. The zero-order chi connectivity index (χ0) is 38.5. The number of unbranched alkanes of at least 4 members (excludes halogenated alkanes) is 2. The number of rotatable bonds is 22. The summed E-state index contributed by atoms with van der Waals surface area (Å²) in [5.41, 5.74) is 2.13. The predicted molar refractivity (Wildman–Crippen MR) is 200 cm³/mol. The number of likely N-dealkylation sites (tertiary alicyclic amines) is 1. The molecule has 0 saturated carbocycles. The van der Waals surface area contributed by atoms with Gasteiger partial charge in [0.25, 0.3) is 13.2 Å². The molecule has 1 saturated heterocycles. The Morgan fingerprint density at radius 2 is 1.34 bits per heavy atom. The van der Waals surface area contributed by atoms with Gasteiger partial charge in [-0.2, -0.15) is 0 Å². The van der Waals surface area contributed by atoms with Gasteiger partial charge in [-0.25, -0.2) is 23.3 Å². The average molecular weight is 775 g/mol. The molecule has 1 fully saturated rings. The largest absolute Gasteiger partial charge is 0.484 e. The lowest BCUT2D eigenvalue weighted by Crippen LogP contribution is -2.67. The van der Waals surface area contributed by atoms with Crippen LogP contribution in [-0.2, 0) is 45.4 Å². The Morgan fingerprint density at radius 1 is 0.792 bits per heavy atom. The molecule has 11 nitrogen and oxygen atoms in total. The zero-order valence-electron chi connectivity index (χ0n) is 30.4. The molecule has 0 aliphatic carbocycles. The Balaban J connectivity index is 1.71. The number of nitrogens with zero attached hydrogens (tertiary/aromatic N) is 1. The highest BCUT2D eigenvalue weighted by atomic mass is 31.2. The third-order valence-corrected chi connectivity index (χ3v) is 15.1. The van der Waals surface area contributed by atoms with E-state index in [1.807, 2.05) is 60.7 Å². The molecule has 1 aliphatic heterocycles. The summed E-state index contributed by atoms with van der Waals surface area (Å²) >= 11 is 0. The van der Waals surface area contributed by atoms with Gasteiger partial charge >= 0.3 is 17.8 Å². The van der Waals surface area contributed by atoms with Crippen molar-refractivity contribution in [3.63, 3.8) is 0 Å². The van der Waals surface area contributed by atoms with Crippen LogP contribution >= 0.6 is 14.7 Å². The number of carbonyl (C=O) groups is 3. The maximum atomic E-state index is 15.0. The van der Waals surface area contributed by atoms with E-state index in [0.717, 1.165) is 23.3 Å². The number of carboxylic acid groups (broad SMARTS) is 2. The van der Waals surface area contributed by atoms with Gasteiger partial charge in [-0.05, 0) is 87.8 Å². The molecule has 0 spiro atoms. The third kappa shape index (κ3) is 11.2. The number of aliphatic carboxylic acids is 2. The molecule has 3 aromatic rings. The van der Waals surface area contributed by atoms with Crippen molar-refractivity contribution in [3.8, 4) is 5.75 Å². The average Bonchev–Trinajstić information content (AvgIpc) is 3.50. The lowest BCUT2D eigenvalue weighted by molar-refractivity contribution is -0.862. The molecule has 288 valence electrons. The van der Waals surface area contributed by atoms with Gasteiger partial charge in [0.2, 0.25) is 7.37 Å². The van der Waals surface area contributed by atoms with E-state index in [-0.39, 0.29) is 44.1 Å². The van der Waals surface area contributed by atoms with E-state index in [1.54, 1.807) is 13.8 Å². The van der Waals surface area contributed by atoms with Gasteiger partial charge in [0, 0.05) is 12.3 Å². The summed E-state index contributed by atoms with van der Waals surface area (Å²) in [6.45, 7) is 2.53. The molecular formula is C39H51FNO10P2+. The molecule has 1 amide bonds. The van der Waals surface area contributed by atoms with Crippen LogP contribution in [0.25, 0.3) is 0 Å². The van der Waals surface area contributed by atoms with Crippen molar-refractivity contribution >= 4 is 32.6 Å². The van der Waals surface area contributed by atoms with Crippen LogP contribution in [0.2, 0.25) is 0 Å². The Labute approximate surface area is 311 Å². The second kappa shape index (κ2) is 19.6. The number of carbonyl (C=O) groups excluding carboxylic acids is 1. The van der Waals surface area contributed by atoms with E-state index in [9.17, 15) is 33.6 Å². The molecule has 53 heavy (non-hydrogen) atoms. The van der Waals surface area contributed by atoms with Crippen LogP contribution < -0.4 is 4.74 Å². The molecule has 0 bridgehead atoms. The van der Waals surface area contributed by atoms with Crippen LogP contribution in [0.4, 0.5) is 4.39 Å². The molecular weight excluding hydrogens is 723 g/mol. The first-order valence-electron chi connectivity index (χ1n) is 18.2. The number of quaternary nitrogens is 1. The second-order valence-electron chi connectivity index (χ2n) is 13.4. The Hall–Kier alpha value is -3.66. The maximum absolute atomic E-state index is 15.0. The van der Waals surface area contributed by atoms with E-state index in [2.05, 4.69) is 0 Å². The lowest BCUT2D eigenvalue weighted by Gasteiger charge is -2.42. The van der Waals surface area contributed by atoms with Gasteiger partial charge in [0.05, 0.1) is 19.6 Å². The molecule has 0 radical (unpaired) electrons. The van der Waals surface area contributed by atoms with Gasteiger partial charge in [-0.1, -0.05) is 60.7 Å². The second-order valence-corrected chi connectivity index (χ2v) is 18.7. The van der Waals surface area contributed by atoms with Crippen LogP contribution in [0.15, 0.2) is 84.9 Å². The Bertz CT molecular complexity index is 1740. The summed E-state index contributed by atoms with van der Waals surface area (Å²) in [6.07, 6.45) is 0.825. The quantitative estimate of drug-likeness (QED) is 0.0586. The first-order chi connectivity index (χ1) is 25.4. The molecule has 2 N–H and O–H groups in total. The van der Waals surface area contributed by atoms with E-state index < -0.39 is 73.5 Å². The van der Waals surface area contributed by atoms with Crippen LogP contribution in [-0.4, -0.2) is 88.7 Å². The normalized spacial score (nSPS) is 21.3. The number of carboxylic acids is 2. The van der Waals surface area contributed by atoms with Crippen molar-refractivity contribution in [2.24, 2.45) is 0 Å². The van der Waals surface area contributed by atoms with Gasteiger partial charge in [-0.15, -0.1) is 0 Å². The van der Waals surface area contributed by atoms with E-state index >= 15 is 4.57 Å². The highest BCUT2D eigenvalue weighted by Gasteiger charge is 2.68. The van der Waals surface area contributed by atoms with Crippen LogP contribution in [0.5, 0.6) is 5.75 Å². The SMILES string of the molecule is CCOP(=O)(CCCCc1ccccc1)CC(=O)[N@+]1(C(C(=O)O)P(=O)(CCCCc2ccccc2)OCC)CC(Oc2ccc(F)cc2)C[C@H]1C(=O)O. The maximum Gasteiger partial charge on any atom is 0.373 e. The van der Waals surface area contributed by atoms with Crippen molar-refractivity contribution in [1.82, 2.24) is 0 Å². The van der Waals surface area contributed by atoms with E-state index in [1.165, 1.54) is 12.1 Å². The molecule has 1 aliphatic rings. The van der Waals surface area contributed by atoms with Gasteiger partial charge in [0.15, 0.2) is 12.1 Å². The topological polar surface area (TPSA) is 154 Å². The summed E-state index contributed by atoms with van der Waals surface area (Å²) in [6, 6.07) is 22.5. The first kappa shape index (κ1) is 42.1. The minimum atomic E-state index is -4.36. The molecule has 4 unspecified atom stereocenters. The van der Waals surface area contributed by atoms with Gasteiger partial charge in [0.1, 0.15) is 24.3 Å². The van der Waals surface area contributed by atoms with Crippen LogP contribution in [0.1, 0.15) is 57.1 Å². The summed E-state index contributed by atoms with van der Waals surface area (Å²) in [4.78, 5) is 41.5. The number of amides is 1. The predicted octanol–water partition coefficient (Wildman–Crippen LogP) is 7.86.